The maximum absolute atomic E-state index is 10.2. The van der Waals surface area contributed by atoms with Crippen LogP contribution in [0.2, 0.25) is 10.3 Å². The highest BCUT2D eigenvalue weighted by atomic mass is 35.5. The Morgan fingerprint density at radius 2 is 2.13 bits per heavy atom. The topological polar surface area (TPSA) is 47.3 Å². The van der Waals surface area contributed by atoms with Gasteiger partial charge in [0.05, 0.1) is 18.5 Å². The third-order valence-corrected chi connectivity index (χ3v) is 3.39. The molecule has 0 saturated carbocycles. The molecule has 0 aromatic carbocycles. The van der Waals surface area contributed by atoms with Crippen molar-refractivity contribution < 1.29 is 9.84 Å². The second-order valence-corrected chi connectivity index (χ2v) is 4.51. The molecule has 0 bridgehead atoms. The predicted octanol–water partition coefficient (Wildman–Crippen LogP) is 1.73. The zero-order chi connectivity index (χ0) is 10.9. The van der Waals surface area contributed by atoms with Crippen LogP contribution in [0.25, 0.3) is 0 Å². The minimum Gasteiger partial charge on any atom is -0.388 e. The van der Waals surface area contributed by atoms with E-state index in [9.17, 15) is 5.11 Å². The maximum atomic E-state index is 10.2. The molecule has 0 amide bonds. The van der Waals surface area contributed by atoms with Crippen LogP contribution >= 0.6 is 23.2 Å². The molecule has 0 unspecified atom stereocenters. The Morgan fingerprint density at radius 3 is 2.67 bits per heavy atom. The van der Waals surface area contributed by atoms with Gasteiger partial charge in [0, 0.05) is 26.1 Å². The van der Waals surface area contributed by atoms with E-state index in [0.29, 0.717) is 37.8 Å². The van der Waals surface area contributed by atoms with Gasteiger partial charge in [-0.2, -0.15) is 0 Å². The van der Waals surface area contributed by atoms with Gasteiger partial charge < -0.3 is 14.4 Å². The van der Waals surface area contributed by atoms with Gasteiger partial charge in [-0.3, -0.25) is 0 Å². The van der Waals surface area contributed by atoms with Crippen LogP contribution in [-0.4, -0.2) is 33.5 Å². The number of imidazole rings is 1. The fourth-order valence-electron chi connectivity index (χ4n) is 1.68. The lowest BCUT2D eigenvalue weighted by molar-refractivity contribution is -0.0727. The molecule has 2 rings (SSSR count). The van der Waals surface area contributed by atoms with Crippen molar-refractivity contribution in [2.24, 2.45) is 0 Å². The fraction of sp³-hybridized carbons (Fsp3) is 0.667. The third kappa shape index (κ3) is 2.45. The highest BCUT2D eigenvalue weighted by Crippen LogP contribution is 2.26. The first-order chi connectivity index (χ1) is 7.11. The van der Waals surface area contributed by atoms with Crippen LogP contribution in [0, 0.1) is 0 Å². The Balaban J connectivity index is 2.10. The molecule has 4 nitrogen and oxygen atoms in total. The van der Waals surface area contributed by atoms with Crippen molar-refractivity contribution in [1.29, 1.82) is 0 Å². The summed E-state index contributed by atoms with van der Waals surface area (Å²) in [4.78, 5) is 3.87. The van der Waals surface area contributed by atoms with Crippen LogP contribution < -0.4 is 0 Å². The summed E-state index contributed by atoms with van der Waals surface area (Å²) in [6, 6.07) is 0. The molecule has 0 spiro atoms. The summed E-state index contributed by atoms with van der Waals surface area (Å²) in [7, 11) is 0. The second-order valence-electron chi connectivity index (χ2n) is 3.79. The van der Waals surface area contributed by atoms with E-state index in [0.717, 1.165) is 0 Å². The van der Waals surface area contributed by atoms with Crippen molar-refractivity contribution in [3.63, 3.8) is 0 Å². The summed E-state index contributed by atoms with van der Waals surface area (Å²) in [5, 5.41) is 10.9. The van der Waals surface area contributed by atoms with E-state index in [1.54, 1.807) is 4.57 Å². The van der Waals surface area contributed by atoms with Crippen LogP contribution in [0.5, 0.6) is 0 Å². The molecule has 1 saturated heterocycles. The normalized spacial score (nSPS) is 20.5. The minimum absolute atomic E-state index is 0.271. The Hall–Kier alpha value is -0.290. The van der Waals surface area contributed by atoms with Gasteiger partial charge >= 0.3 is 0 Å². The monoisotopic (exact) mass is 250 g/mol. The first kappa shape index (κ1) is 11.2. The zero-order valence-electron chi connectivity index (χ0n) is 8.12. The fourth-order valence-corrected chi connectivity index (χ4v) is 1.98. The molecule has 0 atom stereocenters. The van der Waals surface area contributed by atoms with Crippen molar-refractivity contribution in [1.82, 2.24) is 9.55 Å². The molecule has 1 aliphatic heterocycles. The average Bonchev–Trinajstić information content (AvgIpc) is 2.50. The molecule has 0 aliphatic carbocycles. The number of halogens is 2. The number of aromatic nitrogens is 2. The largest absolute Gasteiger partial charge is 0.388 e. The Morgan fingerprint density at radius 1 is 1.47 bits per heavy atom. The van der Waals surface area contributed by atoms with Gasteiger partial charge in [0.15, 0.2) is 5.15 Å². The number of rotatable bonds is 2. The number of ether oxygens (including phenoxy) is 1. The molecule has 1 aromatic heterocycles. The van der Waals surface area contributed by atoms with Gasteiger partial charge in [0.2, 0.25) is 0 Å². The first-order valence-electron chi connectivity index (χ1n) is 4.77. The van der Waals surface area contributed by atoms with Crippen molar-refractivity contribution in [2.75, 3.05) is 13.2 Å². The number of hydrogen-bond donors (Lipinski definition) is 1. The minimum atomic E-state index is -0.758. The molecule has 2 heterocycles. The van der Waals surface area contributed by atoms with E-state index < -0.39 is 5.60 Å². The quantitative estimate of drug-likeness (QED) is 0.870. The molecule has 84 valence electrons. The lowest BCUT2D eigenvalue weighted by atomic mass is 9.94. The Kier molecular flexibility index (Phi) is 3.21. The number of hydrogen-bond acceptors (Lipinski definition) is 3. The van der Waals surface area contributed by atoms with Gasteiger partial charge in [-0.1, -0.05) is 23.2 Å². The molecule has 1 N–H and O–H groups in total. The van der Waals surface area contributed by atoms with Gasteiger partial charge in [-0.15, -0.1) is 0 Å². The van der Waals surface area contributed by atoms with E-state index in [4.69, 9.17) is 27.9 Å². The van der Waals surface area contributed by atoms with Gasteiger partial charge in [0.25, 0.3) is 0 Å². The lowest BCUT2D eigenvalue weighted by Crippen LogP contribution is -2.40. The summed E-state index contributed by atoms with van der Waals surface area (Å²) in [6.45, 7) is 1.57. The molecule has 6 heteroatoms. The average molecular weight is 251 g/mol. The highest BCUT2D eigenvalue weighted by Gasteiger charge is 2.31. The smallest absolute Gasteiger partial charge is 0.166 e. The van der Waals surface area contributed by atoms with Crippen LogP contribution in [-0.2, 0) is 11.3 Å². The van der Waals surface area contributed by atoms with Crippen LogP contribution in [0.3, 0.4) is 0 Å². The molecular formula is C9H12Cl2N2O2. The number of nitrogens with zero attached hydrogens (tertiary/aromatic N) is 2. The summed E-state index contributed by atoms with van der Waals surface area (Å²) in [5.41, 5.74) is -0.758. The SMILES string of the molecule is OC1(Cn2cnc(Cl)c2Cl)CCOCC1. The Labute approximate surface area is 97.8 Å². The molecular weight excluding hydrogens is 239 g/mol. The van der Waals surface area contributed by atoms with E-state index >= 15 is 0 Å². The van der Waals surface area contributed by atoms with Crippen LogP contribution in [0.1, 0.15) is 12.8 Å². The summed E-state index contributed by atoms with van der Waals surface area (Å²) in [5.74, 6) is 0. The standard InChI is InChI=1S/C9H12Cl2N2O2/c10-7-8(11)13(6-12-7)5-9(14)1-3-15-4-2-9/h6,14H,1-5H2. The molecule has 0 radical (unpaired) electrons. The van der Waals surface area contributed by atoms with Crippen molar-refractivity contribution >= 4 is 23.2 Å². The van der Waals surface area contributed by atoms with E-state index in [1.165, 1.54) is 6.33 Å². The van der Waals surface area contributed by atoms with E-state index in [2.05, 4.69) is 4.98 Å². The van der Waals surface area contributed by atoms with E-state index in [1.807, 2.05) is 0 Å². The van der Waals surface area contributed by atoms with Crippen LogP contribution in [0.4, 0.5) is 0 Å². The van der Waals surface area contributed by atoms with Crippen molar-refractivity contribution in [3.8, 4) is 0 Å². The lowest BCUT2D eigenvalue weighted by Gasteiger charge is -2.32. The third-order valence-electron chi connectivity index (χ3n) is 2.62. The molecule has 1 aromatic rings. The molecule has 15 heavy (non-hydrogen) atoms. The summed E-state index contributed by atoms with van der Waals surface area (Å²) in [6.07, 6.45) is 2.76. The maximum Gasteiger partial charge on any atom is 0.166 e. The number of aliphatic hydroxyl groups is 1. The molecule has 1 fully saturated rings. The highest BCUT2D eigenvalue weighted by molar-refractivity contribution is 6.40. The second kappa shape index (κ2) is 4.29. The van der Waals surface area contributed by atoms with Crippen molar-refractivity contribution in [3.05, 3.63) is 16.6 Å². The molecule has 1 aliphatic rings. The zero-order valence-corrected chi connectivity index (χ0v) is 9.63. The summed E-state index contributed by atoms with van der Waals surface area (Å²) < 4.78 is 6.86. The van der Waals surface area contributed by atoms with Crippen molar-refractivity contribution in [2.45, 2.75) is 25.0 Å². The predicted molar refractivity (Wildman–Crippen MR) is 57.2 cm³/mol. The van der Waals surface area contributed by atoms with Gasteiger partial charge in [-0.25, -0.2) is 4.98 Å². The van der Waals surface area contributed by atoms with Gasteiger partial charge in [-0.05, 0) is 0 Å². The van der Waals surface area contributed by atoms with E-state index in [-0.39, 0.29) is 5.15 Å². The Bertz CT molecular complexity index is 348. The summed E-state index contributed by atoms with van der Waals surface area (Å²) >= 11 is 11.6. The first-order valence-corrected chi connectivity index (χ1v) is 5.53. The van der Waals surface area contributed by atoms with Crippen LogP contribution in [0.15, 0.2) is 6.33 Å². The van der Waals surface area contributed by atoms with Gasteiger partial charge in [0.1, 0.15) is 5.15 Å².